The summed E-state index contributed by atoms with van der Waals surface area (Å²) in [7, 11) is 2.10. The average Bonchev–Trinajstić information content (AvgIpc) is 2.12. The number of rotatable bonds is 4. The molecule has 0 amide bonds. The van der Waals surface area contributed by atoms with Crippen molar-refractivity contribution in [1.29, 1.82) is 0 Å². The van der Waals surface area contributed by atoms with Crippen molar-refractivity contribution in [1.82, 2.24) is 9.80 Å². The van der Waals surface area contributed by atoms with Crippen LogP contribution in [0.2, 0.25) is 0 Å². The highest BCUT2D eigenvalue weighted by atomic mass is 16.4. The van der Waals surface area contributed by atoms with Crippen LogP contribution >= 0.6 is 0 Å². The Hall–Kier alpha value is -0.650. The fourth-order valence-corrected chi connectivity index (χ4v) is 2.23. The zero-order valence-corrected chi connectivity index (χ0v) is 10.3. The number of carbonyl (C=O) groups is 1. The summed E-state index contributed by atoms with van der Waals surface area (Å²) in [6.45, 7) is 6.52. The van der Waals surface area contributed by atoms with Crippen molar-refractivity contribution >= 4 is 5.97 Å². The molecule has 1 aliphatic rings. The van der Waals surface area contributed by atoms with Crippen LogP contribution in [0.3, 0.4) is 0 Å². The van der Waals surface area contributed by atoms with Gasteiger partial charge < -0.3 is 10.2 Å². The first-order chi connectivity index (χ1) is 7.40. The van der Waals surface area contributed by atoms with Gasteiger partial charge in [-0.05, 0) is 20.9 Å². The molecule has 1 rings (SSSR count). The highest BCUT2D eigenvalue weighted by Gasteiger charge is 2.27. The third kappa shape index (κ3) is 3.73. The molecule has 94 valence electrons. The van der Waals surface area contributed by atoms with Crippen LogP contribution in [0, 0.1) is 0 Å². The molecule has 0 radical (unpaired) electrons. The maximum Gasteiger partial charge on any atom is 0.306 e. The van der Waals surface area contributed by atoms with E-state index in [1.807, 2.05) is 0 Å². The van der Waals surface area contributed by atoms with Crippen LogP contribution < -0.4 is 0 Å². The minimum Gasteiger partial charge on any atom is -0.481 e. The Morgan fingerprint density at radius 3 is 2.31 bits per heavy atom. The van der Waals surface area contributed by atoms with Gasteiger partial charge in [0.1, 0.15) is 0 Å². The van der Waals surface area contributed by atoms with Crippen molar-refractivity contribution in [3.8, 4) is 0 Å². The van der Waals surface area contributed by atoms with Gasteiger partial charge in [0, 0.05) is 31.7 Å². The molecule has 1 heterocycles. The van der Waals surface area contributed by atoms with E-state index in [1.165, 1.54) is 0 Å². The predicted octanol–water partition coefficient (Wildman–Crippen LogP) is -0.154. The van der Waals surface area contributed by atoms with Gasteiger partial charge in [0.15, 0.2) is 0 Å². The van der Waals surface area contributed by atoms with Crippen molar-refractivity contribution in [2.24, 2.45) is 0 Å². The van der Waals surface area contributed by atoms with E-state index in [2.05, 4.69) is 30.7 Å². The maximum absolute atomic E-state index is 10.4. The quantitative estimate of drug-likeness (QED) is 0.703. The smallest absolute Gasteiger partial charge is 0.306 e. The highest BCUT2D eigenvalue weighted by molar-refractivity contribution is 5.67. The summed E-state index contributed by atoms with van der Waals surface area (Å²) in [6, 6.07) is 0.890. The molecule has 3 unspecified atom stereocenters. The number of hydrogen-bond donors (Lipinski definition) is 2. The van der Waals surface area contributed by atoms with Crippen LogP contribution in [0.15, 0.2) is 0 Å². The number of aliphatic hydroxyl groups excluding tert-OH is 1. The fraction of sp³-hybridized carbons (Fsp3) is 0.909. The van der Waals surface area contributed by atoms with Gasteiger partial charge >= 0.3 is 5.97 Å². The zero-order valence-electron chi connectivity index (χ0n) is 10.3. The second kappa shape index (κ2) is 5.61. The van der Waals surface area contributed by atoms with E-state index >= 15 is 0 Å². The number of carboxylic acids is 1. The Balaban J connectivity index is 2.41. The highest BCUT2D eigenvalue weighted by Crippen LogP contribution is 2.13. The summed E-state index contributed by atoms with van der Waals surface area (Å²) in [5.41, 5.74) is 0. The van der Waals surface area contributed by atoms with Crippen LogP contribution in [0.4, 0.5) is 0 Å². The van der Waals surface area contributed by atoms with Crippen LogP contribution in [-0.4, -0.2) is 70.9 Å². The lowest BCUT2D eigenvalue weighted by molar-refractivity contribution is -0.139. The van der Waals surface area contributed by atoms with Gasteiger partial charge in [-0.3, -0.25) is 14.6 Å². The maximum atomic E-state index is 10.4. The van der Waals surface area contributed by atoms with E-state index in [0.29, 0.717) is 18.6 Å². The first kappa shape index (κ1) is 13.4. The second-order valence-corrected chi connectivity index (χ2v) is 4.83. The van der Waals surface area contributed by atoms with Crippen molar-refractivity contribution in [3.63, 3.8) is 0 Å². The molecular formula is C11H22N2O3. The molecule has 5 nitrogen and oxygen atoms in total. The second-order valence-electron chi connectivity index (χ2n) is 4.83. The number of β-amino-alcohol motifs (C(OH)–C–C–N with tert-alkyl or cyclic N) is 1. The standard InChI is InChI=1S/C11H22N2O3/c1-8-5-13(6-9(2)12(8)3)7-10(14)4-11(15)16/h8-10,14H,4-7H2,1-3H3,(H,15,16). The van der Waals surface area contributed by atoms with Gasteiger partial charge in [-0.15, -0.1) is 0 Å². The Bertz CT molecular complexity index is 235. The first-order valence-corrected chi connectivity index (χ1v) is 5.74. The number of aliphatic carboxylic acids is 1. The van der Waals surface area contributed by atoms with E-state index in [1.54, 1.807) is 0 Å². The number of hydrogen-bond acceptors (Lipinski definition) is 4. The average molecular weight is 230 g/mol. The van der Waals surface area contributed by atoms with Crippen molar-refractivity contribution in [3.05, 3.63) is 0 Å². The summed E-state index contributed by atoms with van der Waals surface area (Å²) in [5, 5.41) is 18.1. The Morgan fingerprint density at radius 2 is 1.88 bits per heavy atom. The summed E-state index contributed by atoms with van der Waals surface area (Å²) >= 11 is 0. The van der Waals surface area contributed by atoms with Crippen molar-refractivity contribution in [2.45, 2.75) is 38.5 Å². The molecule has 0 aromatic heterocycles. The molecular weight excluding hydrogens is 208 g/mol. The third-order valence-corrected chi connectivity index (χ3v) is 3.31. The molecule has 3 atom stereocenters. The van der Waals surface area contributed by atoms with Gasteiger partial charge in [0.25, 0.3) is 0 Å². The fourth-order valence-electron chi connectivity index (χ4n) is 2.23. The van der Waals surface area contributed by atoms with Gasteiger partial charge in [0.2, 0.25) is 0 Å². The molecule has 5 heteroatoms. The minimum absolute atomic E-state index is 0.172. The van der Waals surface area contributed by atoms with E-state index < -0.39 is 12.1 Å². The SMILES string of the molecule is CC1CN(CC(O)CC(=O)O)CC(C)N1C. The molecule has 0 aromatic carbocycles. The van der Waals surface area contributed by atoms with Crippen LogP contribution in [-0.2, 0) is 4.79 Å². The zero-order chi connectivity index (χ0) is 12.3. The van der Waals surface area contributed by atoms with Crippen LogP contribution in [0.1, 0.15) is 20.3 Å². The Morgan fingerprint density at radius 1 is 1.38 bits per heavy atom. The number of piperazine rings is 1. The molecule has 0 spiro atoms. The lowest BCUT2D eigenvalue weighted by Gasteiger charge is -2.42. The van der Waals surface area contributed by atoms with Crippen molar-refractivity contribution in [2.75, 3.05) is 26.7 Å². The molecule has 1 saturated heterocycles. The first-order valence-electron chi connectivity index (χ1n) is 5.74. The van der Waals surface area contributed by atoms with Crippen LogP contribution in [0.25, 0.3) is 0 Å². The number of nitrogens with zero attached hydrogens (tertiary/aromatic N) is 2. The van der Waals surface area contributed by atoms with Crippen molar-refractivity contribution < 1.29 is 15.0 Å². The Kier molecular flexibility index (Phi) is 4.70. The molecule has 16 heavy (non-hydrogen) atoms. The number of carboxylic acid groups (broad SMARTS) is 1. The molecule has 1 fully saturated rings. The molecule has 0 aromatic rings. The third-order valence-electron chi connectivity index (χ3n) is 3.31. The van der Waals surface area contributed by atoms with Crippen LogP contribution in [0.5, 0.6) is 0 Å². The topological polar surface area (TPSA) is 64.0 Å². The molecule has 2 N–H and O–H groups in total. The van der Waals surface area contributed by atoms with Gasteiger partial charge in [-0.2, -0.15) is 0 Å². The molecule has 0 aliphatic carbocycles. The normalized spacial score (nSPS) is 30.2. The lowest BCUT2D eigenvalue weighted by atomic mass is 10.1. The van der Waals surface area contributed by atoms with Gasteiger partial charge in [-0.1, -0.05) is 0 Å². The van der Waals surface area contributed by atoms with E-state index in [4.69, 9.17) is 5.11 Å². The molecule has 0 saturated carbocycles. The molecule has 1 aliphatic heterocycles. The number of likely N-dealkylation sites (N-methyl/N-ethyl adjacent to an activating group) is 1. The minimum atomic E-state index is -0.942. The summed E-state index contributed by atoms with van der Waals surface area (Å²) < 4.78 is 0. The predicted molar refractivity (Wildman–Crippen MR) is 61.4 cm³/mol. The Labute approximate surface area is 96.7 Å². The monoisotopic (exact) mass is 230 g/mol. The summed E-state index contributed by atoms with van der Waals surface area (Å²) in [6.07, 6.45) is -0.935. The van der Waals surface area contributed by atoms with E-state index in [0.717, 1.165) is 13.1 Å². The largest absolute Gasteiger partial charge is 0.481 e. The summed E-state index contributed by atoms with van der Waals surface area (Å²) in [5.74, 6) is -0.942. The van der Waals surface area contributed by atoms with E-state index in [9.17, 15) is 9.90 Å². The molecule has 0 bridgehead atoms. The summed E-state index contributed by atoms with van der Waals surface area (Å²) in [4.78, 5) is 14.9. The van der Waals surface area contributed by atoms with E-state index in [-0.39, 0.29) is 6.42 Å². The van der Waals surface area contributed by atoms with Gasteiger partial charge in [0.05, 0.1) is 12.5 Å². The van der Waals surface area contributed by atoms with Gasteiger partial charge in [-0.25, -0.2) is 0 Å². The number of aliphatic hydroxyl groups is 1. The lowest BCUT2D eigenvalue weighted by Crippen LogP contribution is -2.56.